The van der Waals surface area contributed by atoms with Crippen LogP contribution in [0.25, 0.3) is 11.6 Å². The topological polar surface area (TPSA) is 61.4 Å². The van der Waals surface area contributed by atoms with Crippen molar-refractivity contribution in [1.29, 1.82) is 0 Å². The number of nitrogens with zero attached hydrogens (tertiary/aromatic N) is 6. The monoisotopic (exact) mass is 706 g/mol. The fourth-order valence-electron chi connectivity index (χ4n) is 3.79. The predicted octanol–water partition coefficient (Wildman–Crippen LogP) is 6.85. The van der Waals surface area contributed by atoms with Crippen molar-refractivity contribution >= 4 is 0 Å². The second kappa shape index (κ2) is 10.7. The quantitative estimate of drug-likeness (QED) is 0.133. The molecule has 0 radical (unpaired) electrons. The Morgan fingerprint density at radius 3 is 1.17 bits per heavy atom. The summed E-state index contributed by atoms with van der Waals surface area (Å²) in [6.07, 6.45) is -18.7. The van der Waals surface area contributed by atoms with Crippen molar-refractivity contribution < 1.29 is 73.1 Å². The molecule has 0 spiro atoms. The molecular formula is C23H12F12N6Pd. The Labute approximate surface area is 241 Å². The van der Waals surface area contributed by atoms with Gasteiger partial charge in [-0.15, -0.1) is 0 Å². The summed E-state index contributed by atoms with van der Waals surface area (Å²) in [7, 11) is 0. The van der Waals surface area contributed by atoms with Crippen LogP contribution in [0.2, 0.25) is 0 Å². The normalized spacial score (nSPS) is 13.3. The zero-order valence-electron chi connectivity index (χ0n) is 20.5. The van der Waals surface area contributed by atoms with Gasteiger partial charge in [-0.05, 0) is 26.0 Å². The van der Waals surface area contributed by atoms with Crippen LogP contribution in [0, 0.1) is 12.7 Å². The van der Waals surface area contributed by atoms with Gasteiger partial charge in [-0.3, -0.25) is 9.97 Å². The fourth-order valence-corrected chi connectivity index (χ4v) is 3.79. The van der Waals surface area contributed by atoms with E-state index < -0.39 is 64.5 Å². The Morgan fingerprint density at radius 2 is 0.881 bits per heavy atom. The van der Waals surface area contributed by atoms with Crippen LogP contribution in [0.4, 0.5) is 52.7 Å². The fraction of sp³-hybridized carbons (Fsp3) is 0.304. The van der Waals surface area contributed by atoms with E-state index in [1.807, 2.05) is 0 Å². The van der Waals surface area contributed by atoms with Crippen molar-refractivity contribution in [3.63, 3.8) is 0 Å². The maximum Gasteiger partial charge on any atom is 2.00 e. The average Bonchev–Trinajstić information content (AvgIpc) is 3.49. The van der Waals surface area contributed by atoms with Crippen LogP contribution in [-0.2, 0) is 50.5 Å². The van der Waals surface area contributed by atoms with E-state index in [2.05, 4.69) is 19.9 Å². The van der Waals surface area contributed by atoms with E-state index in [1.54, 1.807) is 12.7 Å². The third-order valence-corrected chi connectivity index (χ3v) is 5.70. The van der Waals surface area contributed by atoms with Gasteiger partial charge in [0, 0.05) is 40.8 Å². The second-order valence-corrected chi connectivity index (χ2v) is 8.87. The first-order valence-electron chi connectivity index (χ1n) is 10.9. The van der Waals surface area contributed by atoms with Gasteiger partial charge in [-0.25, -0.2) is 0 Å². The molecule has 0 aliphatic rings. The number of hydrogen-bond acceptors (Lipinski definition) is 4. The molecule has 42 heavy (non-hydrogen) atoms. The molecule has 4 rings (SSSR count). The number of pyridine rings is 2. The zero-order chi connectivity index (χ0) is 30.8. The smallest absolute Gasteiger partial charge is 0.407 e. The largest absolute Gasteiger partial charge is 2.00 e. The van der Waals surface area contributed by atoms with Crippen molar-refractivity contribution in [3.8, 4) is 11.6 Å². The Kier molecular flexibility index (Phi) is 8.40. The number of alkyl halides is 12. The van der Waals surface area contributed by atoms with Crippen molar-refractivity contribution in [2.24, 2.45) is 0 Å². The summed E-state index contributed by atoms with van der Waals surface area (Å²) >= 11 is 0. The van der Waals surface area contributed by atoms with Crippen molar-refractivity contribution in [2.45, 2.75) is 44.0 Å². The molecule has 0 aliphatic heterocycles. The van der Waals surface area contributed by atoms with E-state index in [0.717, 1.165) is 24.3 Å². The van der Waals surface area contributed by atoms with Crippen LogP contribution in [0.3, 0.4) is 0 Å². The maximum atomic E-state index is 13.6. The van der Waals surface area contributed by atoms with Crippen molar-refractivity contribution in [3.05, 3.63) is 83.2 Å². The van der Waals surface area contributed by atoms with Gasteiger partial charge in [0.05, 0.1) is 23.0 Å². The Morgan fingerprint density at radius 1 is 0.548 bits per heavy atom. The summed E-state index contributed by atoms with van der Waals surface area (Å²) < 4.78 is 160. The van der Waals surface area contributed by atoms with Crippen LogP contribution in [0.15, 0.2) is 36.4 Å². The summed E-state index contributed by atoms with van der Waals surface area (Å²) in [5.74, 6) is -1.36. The van der Waals surface area contributed by atoms with Gasteiger partial charge in [-0.2, -0.15) is 52.7 Å². The Bertz CT molecular complexity index is 1460. The average molecular weight is 707 g/mol. The second-order valence-electron chi connectivity index (χ2n) is 8.87. The van der Waals surface area contributed by atoms with Gasteiger partial charge in [0.15, 0.2) is 0 Å². The SMILES string of the molecule is CC(C)(c1cccc(-n2[c-]nc(C(F)(F)F)c2C(F)(F)F)n1)c1cccc(-n2[c-]nc(C(F)(F)F)c2C(F)(F)F)n1.[Pd+2]. The van der Waals surface area contributed by atoms with Gasteiger partial charge in [0.2, 0.25) is 0 Å². The first-order valence-corrected chi connectivity index (χ1v) is 10.9. The number of imidazole rings is 2. The standard InChI is InChI=1S/C23H12F12N6.Pd/c1-19(2,11-5-3-7-13(38-11)40-9-36-15(20(24,25)26)17(40)22(30,31)32)12-6-4-8-14(39-12)41-10-37-16(21(27,28)29)18(41)23(33,34)35;/h3-8H,1-2H3;/q-2;+2. The van der Waals surface area contributed by atoms with Crippen molar-refractivity contribution in [1.82, 2.24) is 29.1 Å². The molecule has 0 amide bonds. The third kappa shape index (κ3) is 6.16. The summed E-state index contributed by atoms with van der Waals surface area (Å²) in [5.41, 5.74) is -10.6. The van der Waals surface area contributed by atoms with Gasteiger partial charge < -0.3 is 19.1 Å². The molecule has 4 heterocycles. The minimum absolute atomic E-state index is 0. The molecule has 4 aromatic heterocycles. The van der Waals surface area contributed by atoms with E-state index in [0.29, 0.717) is 0 Å². The van der Waals surface area contributed by atoms with Crippen LogP contribution in [0.1, 0.15) is 48.0 Å². The Hall–Kier alpha value is -3.46. The minimum Gasteiger partial charge on any atom is -0.407 e. The maximum absolute atomic E-state index is 13.6. The van der Waals surface area contributed by atoms with E-state index >= 15 is 0 Å². The number of hydrogen-bond donors (Lipinski definition) is 0. The van der Waals surface area contributed by atoms with Gasteiger partial charge >= 0.3 is 45.1 Å². The van der Waals surface area contributed by atoms with Crippen LogP contribution >= 0.6 is 0 Å². The van der Waals surface area contributed by atoms with E-state index in [9.17, 15) is 52.7 Å². The molecule has 0 unspecified atom stereocenters. The van der Waals surface area contributed by atoms with E-state index in [4.69, 9.17) is 0 Å². The summed E-state index contributed by atoms with van der Waals surface area (Å²) in [5, 5.41) is 0. The van der Waals surface area contributed by atoms with Gasteiger partial charge in [-0.1, -0.05) is 24.3 Å². The summed E-state index contributed by atoms with van der Waals surface area (Å²) in [6.45, 7) is 2.75. The Balaban J connectivity index is 0.00000484. The minimum atomic E-state index is -5.52. The van der Waals surface area contributed by atoms with Gasteiger partial charge in [0.1, 0.15) is 0 Å². The van der Waals surface area contributed by atoms with E-state index in [-0.39, 0.29) is 40.9 Å². The number of rotatable bonds is 4. The van der Waals surface area contributed by atoms with Gasteiger partial charge in [0.25, 0.3) is 0 Å². The van der Waals surface area contributed by atoms with Crippen LogP contribution in [-0.4, -0.2) is 29.1 Å². The summed E-state index contributed by atoms with van der Waals surface area (Å²) in [4.78, 5) is 13.4. The number of aromatic nitrogens is 6. The molecule has 0 aliphatic carbocycles. The molecule has 0 aromatic carbocycles. The van der Waals surface area contributed by atoms with Crippen molar-refractivity contribution in [2.75, 3.05) is 0 Å². The third-order valence-electron chi connectivity index (χ3n) is 5.70. The predicted molar refractivity (Wildman–Crippen MR) is 113 cm³/mol. The molecule has 0 saturated carbocycles. The zero-order valence-corrected chi connectivity index (χ0v) is 22.1. The molecule has 4 aromatic rings. The molecule has 19 heteroatoms. The first kappa shape index (κ1) is 33.0. The van der Waals surface area contributed by atoms with Crippen LogP contribution < -0.4 is 0 Å². The molecule has 0 saturated heterocycles. The van der Waals surface area contributed by atoms with Crippen LogP contribution in [0.5, 0.6) is 0 Å². The molecule has 0 fully saturated rings. The molecule has 0 N–H and O–H groups in total. The molecule has 6 nitrogen and oxygen atoms in total. The van der Waals surface area contributed by atoms with E-state index in [1.165, 1.54) is 26.0 Å². The first-order chi connectivity index (χ1) is 18.6. The molecular weight excluding hydrogens is 695 g/mol. The summed E-state index contributed by atoms with van der Waals surface area (Å²) in [6, 6.07) is 6.66. The number of halogens is 12. The molecule has 228 valence electrons. The molecule has 0 atom stereocenters. The molecule has 0 bridgehead atoms.